The minimum Gasteiger partial charge on any atom is -0.496 e. The maximum atomic E-state index is 9.78. The zero-order chi connectivity index (χ0) is 24.5. The highest BCUT2D eigenvalue weighted by Gasteiger charge is 2.28. The zero-order valence-corrected chi connectivity index (χ0v) is 20.9. The molecular weight excluding hydrogens is 444 g/mol. The van der Waals surface area contributed by atoms with Crippen molar-refractivity contribution in [3.05, 3.63) is 35.9 Å². The van der Waals surface area contributed by atoms with E-state index in [9.17, 15) is 5.11 Å². The molecule has 5 rings (SSSR count). The molecule has 2 aliphatic rings. The third-order valence-corrected chi connectivity index (χ3v) is 7.00. The number of aliphatic hydroxyl groups is 1. The van der Waals surface area contributed by atoms with E-state index < -0.39 is 0 Å². The molecule has 2 saturated heterocycles. The zero-order valence-electron chi connectivity index (χ0n) is 20.9. The summed E-state index contributed by atoms with van der Waals surface area (Å²) in [5.74, 6) is 2.30. The number of hydrogen-bond donors (Lipinski definition) is 1. The number of piperazine rings is 1. The number of hydrogen-bond acceptors (Lipinski definition) is 9. The van der Waals surface area contributed by atoms with Crippen LogP contribution in [0.25, 0.3) is 22.3 Å². The third-order valence-electron chi connectivity index (χ3n) is 7.00. The molecule has 9 nitrogen and oxygen atoms in total. The van der Waals surface area contributed by atoms with Gasteiger partial charge in [0, 0.05) is 43.3 Å². The van der Waals surface area contributed by atoms with E-state index in [0.29, 0.717) is 36.6 Å². The molecule has 2 aliphatic heterocycles. The Kier molecular flexibility index (Phi) is 6.73. The van der Waals surface area contributed by atoms with Gasteiger partial charge in [-0.15, -0.1) is 0 Å². The van der Waals surface area contributed by atoms with Crippen molar-refractivity contribution in [3.63, 3.8) is 0 Å². The van der Waals surface area contributed by atoms with Crippen LogP contribution in [-0.4, -0.2) is 90.6 Å². The van der Waals surface area contributed by atoms with Crippen LogP contribution in [0.3, 0.4) is 0 Å². The fourth-order valence-electron chi connectivity index (χ4n) is 5.03. The first-order chi connectivity index (χ1) is 17.0. The lowest BCUT2D eigenvalue weighted by Crippen LogP contribution is -2.51. The topological polar surface area (TPSA) is 87.1 Å². The summed E-state index contributed by atoms with van der Waals surface area (Å²) < 4.78 is 11.0. The lowest BCUT2D eigenvalue weighted by atomic mass is 10.1. The average Bonchev–Trinajstić information content (AvgIpc) is 2.87. The minimum absolute atomic E-state index is 0.0999. The number of methoxy groups -OCH3 is 1. The molecule has 2 aromatic heterocycles. The van der Waals surface area contributed by atoms with Gasteiger partial charge in [-0.1, -0.05) is 0 Å². The van der Waals surface area contributed by atoms with Crippen LogP contribution in [0.5, 0.6) is 5.75 Å². The van der Waals surface area contributed by atoms with Crippen LogP contribution in [0.15, 0.2) is 30.3 Å². The Morgan fingerprint density at radius 1 is 1.03 bits per heavy atom. The van der Waals surface area contributed by atoms with Crippen molar-refractivity contribution in [2.24, 2.45) is 0 Å². The van der Waals surface area contributed by atoms with Crippen molar-refractivity contribution in [2.75, 3.05) is 63.4 Å². The van der Waals surface area contributed by atoms with E-state index >= 15 is 0 Å². The summed E-state index contributed by atoms with van der Waals surface area (Å²) in [7, 11) is 3.77. The standard InChI is InChI=1S/C26H34N6O3/c1-17-14-30(3)9-10-31(17)25-21-6-7-22(19-5-8-23(34-4)20(13-19)15-33)27-24(21)28-26(29-25)32-11-12-35-16-18(32)2/h5-8,13,17-18,33H,9-12,14-16H2,1-4H3/t17-,18-/m0/s1. The summed E-state index contributed by atoms with van der Waals surface area (Å²) in [6.07, 6.45) is 0. The van der Waals surface area contributed by atoms with Gasteiger partial charge in [0.25, 0.3) is 0 Å². The number of benzene rings is 1. The molecule has 186 valence electrons. The number of rotatable bonds is 5. The van der Waals surface area contributed by atoms with Gasteiger partial charge in [0.1, 0.15) is 11.6 Å². The maximum Gasteiger partial charge on any atom is 0.229 e. The number of likely N-dealkylation sites (N-methyl/N-ethyl adjacent to an activating group) is 1. The highest BCUT2D eigenvalue weighted by atomic mass is 16.5. The smallest absolute Gasteiger partial charge is 0.229 e. The second-order valence-electron chi connectivity index (χ2n) is 9.52. The van der Waals surface area contributed by atoms with Gasteiger partial charge in [-0.2, -0.15) is 9.97 Å². The van der Waals surface area contributed by atoms with Crippen LogP contribution in [-0.2, 0) is 11.3 Å². The summed E-state index contributed by atoms with van der Waals surface area (Å²) in [6, 6.07) is 10.4. The summed E-state index contributed by atoms with van der Waals surface area (Å²) in [6.45, 7) is 9.23. The first kappa shape index (κ1) is 23.7. The van der Waals surface area contributed by atoms with Crippen LogP contribution in [0.4, 0.5) is 11.8 Å². The summed E-state index contributed by atoms with van der Waals surface area (Å²) in [4.78, 5) is 22.0. The lowest BCUT2D eigenvalue weighted by Gasteiger charge is -2.40. The van der Waals surface area contributed by atoms with E-state index in [-0.39, 0.29) is 12.6 Å². The molecule has 3 aromatic rings. The lowest BCUT2D eigenvalue weighted by molar-refractivity contribution is 0.0981. The molecule has 0 bridgehead atoms. The van der Waals surface area contributed by atoms with E-state index in [0.717, 1.165) is 54.2 Å². The molecule has 0 radical (unpaired) electrons. The van der Waals surface area contributed by atoms with Crippen LogP contribution in [0.1, 0.15) is 19.4 Å². The molecule has 0 unspecified atom stereocenters. The number of aliphatic hydroxyl groups excluding tert-OH is 1. The minimum atomic E-state index is -0.0999. The maximum absolute atomic E-state index is 9.78. The van der Waals surface area contributed by atoms with Gasteiger partial charge >= 0.3 is 0 Å². The molecule has 9 heteroatoms. The van der Waals surface area contributed by atoms with E-state index in [4.69, 9.17) is 24.4 Å². The van der Waals surface area contributed by atoms with Crippen molar-refractivity contribution in [1.29, 1.82) is 0 Å². The van der Waals surface area contributed by atoms with Crippen LogP contribution in [0, 0.1) is 0 Å². The number of ether oxygens (including phenoxy) is 2. The molecule has 0 saturated carbocycles. The van der Waals surface area contributed by atoms with Gasteiger partial charge < -0.3 is 29.3 Å². The molecule has 2 fully saturated rings. The second kappa shape index (κ2) is 9.93. The molecule has 1 N–H and O–H groups in total. The quantitative estimate of drug-likeness (QED) is 0.594. The highest BCUT2D eigenvalue weighted by Crippen LogP contribution is 2.32. The van der Waals surface area contributed by atoms with Crippen LogP contribution >= 0.6 is 0 Å². The van der Waals surface area contributed by atoms with Crippen molar-refractivity contribution >= 4 is 22.8 Å². The fourth-order valence-corrected chi connectivity index (χ4v) is 5.03. The number of pyridine rings is 1. The summed E-state index contributed by atoms with van der Waals surface area (Å²) in [5.41, 5.74) is 3.11. The number of morpholine rings is 1. The Bertz CT molecular complexity index is 1210. The number of fused-ring (bicyclic) bond motifs is 1. The SMILES string of the molecule is COc1ccc(-c2ccc3c(N4CCN(C)C[C@@H]4C)nc(N4CCOC[C@@H]4C)nc3n2)cc1CO. The molecule has 0 aliphatic carbocycles. The Labute approximate surface area is 206 Å². The van der Waals surface area contributed by atoms with Gasteiger partial charge in [0.15, 0.2) is 5.65 Å². The van der Waals surface area contributed by atoms with Crippen molar-refractivity contribution in [3.8, 4) is 17.0 Å². The average molecular weight is 479 g/mol. The van der Waals surface area contributed by atoms with E-state index in [2.05, 4.69) is 41.7 Å². The van der Waals surface area contributed by atoms with Crippen molar-refractivity contribution in [2.45, 2.75) is 32.5 Å². The Balaban J connectivity index is 1.63. The number of anilines is 2. The Morgan fingerprint density at radius 3 is 2.63 bits per heavy atom. The third kappa shape index (κ3) is 4.63. The van der Waals surface area contributed by atoms with Gasteiger partial charge in [-0.05, 0) is 51.2 Å². The normalized spacial score (nSPS) is 21.5. The van der Waals surface area contributed by atoms with E-state index in [1.165, 1.54) is 0 Å². The van der Waals surface area contributed by atoms with Crippen LogP contribution in [0.2, 0.25) is 0 Å². The number of nitrogens with zero attached hydrogens (tertiary/aromatic N) is 6. The molecule has 35 heavy (non-hydrogen) atoms. The first-order valence-corrected chi connectivity index (χ1v) is 12.2. The van der Waals surface area contributed by atoms with E-state index in [1.54, 1.807) is 7.11 Å². The fraction of sp³-hybridized carbons (Fsp3) is 0.500. The molecule has 4 heterocycles. The number of aromatic nitrogens is 3. The molecular formula is C26H34N6O3. The second-order valence-corrected chi connectivity index (χ2v) is 9.52. The van der Waals surface area contributed by atoms with E-state index in [1.807, 2.05) is 24.3 Å². The van der Waals surface area contributed by atoms with Gasteiger partial charge in [0.2, 0.25) is 5.95 Å². The van der Waals surface area contributed by atoms with Gasteiger partial charge in [-0.25, -0.2) is 4.98 Å². The molecule has 0 amide bonds. The molecule has 1 aromatic carbocycles. The monoisotopic (exact) mass is 478 g/mol. The largest absolute Gasteiger partial charge is 0.496 e. The highest BCUT2D eigenvalue weighted by molar-refractivity contribution is 5.90. The Morgan fingerprint density at radius 2 is 1.89 bits per heavy atom. The predicted molar refractivity (Wildman–Crippen MR) is 137 cm³/mol. The molecule has 2 atom stereocenters. The van der Waals surface area contributed by atoms with Gasteiger partial charge in [-0.3, -0.25) is 0 Å². The summed E-state index contributed by atoms with van der Waals surface area (Å²) in [5, 5.41) is 10.7. The van der Waals surface area contributed by atoms with Crippen molar-refractivity contribution in [1.82, 2.24) is 19.9 Å². The first-order valence-electron chi connectivity index (χ1n) is 12.2. The van der Waals surface area contributed by atoms with Gasteiger partial charge in [0.05, 0.1) is 44.1 Å². The summed E-state index contributed by atoms with van der Waals surface area (Å²) >= 11 is 0. The van der Waals surface area contributed by atoms with Crippen LogP contribution < -0.4 is 14.5 Å². The van der Waals surface area contributed by atoms with Crippen molar-refractivity contribution < 1.29 is 14.6 Å². The Hall–Kier alpha value is -3.01. The molecule has 0 spiro atoms. The predicted octanol–water partition coefficient (Wildman–Crippen LogP) is 2.56.